The molecular weight excluding hydrogens is 238 g/mol. The van der Waals surface area contributed by atoms with Crippen LogP contribution in [0.4, 0.5) is 0 Å². The lowest BCUT2D eigenvalue weighted by molar-refractivity contribution is 0.538. The number of pyridine rings is 1. The average molecular weight is 249 g/mol. The van der Waals surface area contributed by atoms with Crippen molar-refractivity contribution in [3.8, 4) is 18.4 Å². The van der Waals surface area contributed by atoms with Crippen LogP contribution in [-0.4, -0.2) is 18.9 Å². The summed E-state index contributed by atoms with van der Waals surface area (Å²) in [5.41, 5.74) is -1.19. The molecule has 0 fully saturated rings. The van der Waals surface area contributed by atoms with Crippen molar-refractivity contribution < 1.29 is 8.42 Å². The second-order valence-corrected chi connectivity index (χ2v) is 5.49. The highest BCUT2D eigenvalue weighted by Crippen LogP contribution is 2.14. The van der Waals surface area contributed by atoms with E-state index in [4.69, 9.17) is 11.7 Å². The number of nitrogens with one attached hydrogen (secondary N) is 1. The Morgan fingerprint density at radius 2 is 2.18 bits per heavy atom. The quantitative estimate of drug-likeness (QED) is 0.797. The van der Waals surface area contributed by atoms with Crippen molar-refractivity contribution in [1.29, 1.82) is 5.26 Å². The van der Waals surface area contributed by atoms with Crippen molar-refractivity contribution in [2.24, 2.45) is 0 Å². The SMILES string of the molecule is C#CC(C)(C)NS(=O)(=O)c1cccnc1C#N. The van der Waals surface area contributed by atoms with E-state index in [1.54, 1.807) is 19.9 Å². The second-order valence-electron chi connectivity index (χ2n) is 3.84. The first-order valence-corrected chi connectivity index (χ1v) is 6.17. The van der Waals surface area contributed by atoms with Gasteiger partial charge in [0.05, 0.1) is 5.54 Å². The molecule has 0 unspecified atom stereocenters. The minimum atomic E-state index is -3.85. The minimum absolute atomic E-state index is 0.159. The predicted molar refractivity (Wildman–Crippen MR) is 62.2 cm³/mol. The van der Waals surface area contributed by atoms with Crippen LogP contribution in [0.5, 0.6) is 0 Å². The van der Waals surface area contributed by atoms with Crippen LogP contribution in [-0.2, 0) is 10.0 Å². The Morgan fingerprint density at radius 3 is 2.71 bits per heavy atom. The van der Waals surface area contributed by atoms with Gasteiger partial charge in [-0.05, 0) is 26.0 Å². The first kappa shape index (κ1) is 13.2. The lowest BCUT2D eigenvalue weighted by atomic mass is 10.1. The summed E-state index contributed by atoms with van der Waals surface area (Å²) in [6.07, 6.45) is 6.56. The Bertz CT molecular complexity index is 606. The summed E-state index contributed by atoms with van der Waals surface area (Å²) >= 11 is 0. The predicted octanol–water partition coefficient (Wildman–Crippen LogP) is 0.643. The number of terminal acetylenes is 1. The van der Waals surface area contributed by atoms with Crippen molar-refractivity contribution >= 4 is 10.0 Å². The zero-order valence-corrected chi connectivity index (χ0v) is 10.2. The van der Waals surface area contributed by atoms with Gasteiger partial charge in [-0.1, -0.05) is 5.92 Å². The van der Waals surface area contributed by atoms with E-state index >= 15 is 0 Å². The molecule has 0 aliphatic rings. The molecule has 0 spiro atoms. The topological polar surface area (TPSA) is 82.8 Å². The Labute approximate surface area is 101 Å². The van der Waals surface area contributed by atoms with Crippen molar-refractivity contribution in [3.05, 3.63) is 24.0 Å². The summed E-state index contributed by atoms with van der Waals surface area (Å²) in [7, 11) is -3.85. The number of hydrogen-bond acceptors (Lipinski definition) is 4. The van der Waals surface area contributed by atoms with Gasteiger partial charge >= 0.3 is 0 Å². The maximum Gasteiger partial charge on any atom is 0.244 e. The molecule has 0 bridgehead atoms. The third-order valence-electron chi connectivity index (χ3n) is 1.92. The van der Waals surface area contributed by atoms with Gasteiger partial charge in [-0.15, -0.1) is 6.42 Å². The molecule has 0 radical (unpaired) electrons. The number of aromatic nitrogens is 1. The van der Waals surface area contributed by atoms with Gasteiger partial charge in [0.15, 0.2) is 5.69 Å². The summed E-state index contributed by atoms with van der Waals surface area (Å²) in [5, 5.41) is 8.79. The van der Waals surface area contributed by atoms with E-state index in [1.165, 1.54) is 18.3 Å². The Hall–Kier alpha value is -1.89. The molecule has 0 amide bonds. The monoisotopic (exact) mass is 249 g/mol. The molecule has 17 heavy (non-hydrogen) atoms. The van der Waals surface area contributed by atoms with Gasteiger partial charge in [0.2, 0.25) is 10.0 Å². The van der Waals surface area contributed by atoms with Crippen LogP contribution in [0.1, 0.15) is 19.5 Å². The molecule has 5 nitrogen and oxygen atoms in total. The molecule has 1 rings (SSSR count). The van der Waals surface area contributed by atoms with Gasteiger partial charge in [-0.3, -0.25) is 0 Å². The molecule has 1 aromatic rings. The molecule has 0 saturated carbocycles. The van der Waals surface area contributed by atoms with E-state index < -0.39 is 15.6 Å². The Balaban J connectivity index is 3.26. The Morgan fingerprint density at radius 1 is 1.53 bits per heavy atom. The second kappa shape index (κ2) is 4.54. The van der Waals surface area contributed by atoms with Crippen molar-refractivity contribution in [2.45, 2.75) is 24.3 Å². The summed E-state index contributed by atoms with van der Waals surface area (Å²) in [6, 6.07) is 4.47. The van der Waals surface area contributed by atoms with E-state index in [0.29, 0.717) is 0 Å². The smallest absolute Gasteiger partial charge is 0.244 e. The summed E-state index contributed by atoms with van der Waals surface area (Å²) < 4.78 is 26.3. The molecule has 6 heteroatoms. The van der Waals surface area contributed by atoms with Crippen molar-refractivity contribution in [3.63, 3.8) is 0 Å². The lowest BCUT2D eigenvalue weighted by Gasteiger charge is -2.19. The molecule has 1 heterocycles. The molecule has 88 valence electrons. The highest BCUT2D eigenvalue weighted by Gasteiger charge is 2.26. The van der Waals surface area contributed by atoms with Gasteiger partial charge in [0, 0.05) is 6.20 Å². The van der Waals surface area contributed by atoms with Crippen LogP contribution >= 0.6 is 0 Å². The summed E-state index contributed by atoms with van der Waals surface area (Å²) in [4.78, 5) is 3.51. The first-order chi connectivity index (χ1) is 7.82. The minimum Gasteiger partial charge on any atom is -0.244 e. The molecule has 1 N–H and O–H groups in total. The molecular formula is C11H11N3O2S. The van der Waals surface area contributed by atoms with Crippen LogP contribution in [0.3, 0.4) is 0 Å². The molecule has 0 aliphatic heterocycles. The largest absolute Gasteiger partial charge is 0.244 e. The fourth-order valence-corrected chi connectivity index (χ4v) is 2.56. The number of sulfonamides is 1. The lowest BCUT2D eigenvalue weighted by Crippen LogP contribution is -2.42. The van der Waals surface area contributed by atoms with E-state index in [0.717, 1.165) is 0 Å². The maximum atomic E-state index is 12.0. The first-order valence-electron chi connectivity index (χ1n) is 4.69. The van der Waals surface area contributed by atoms with Crippen LogP contribution in [0, 0.1) is 23.7 Å². The highest BCUT2D eigenvalue weighted by molar-refractivity contribution is 7.89. The fourth-order valence-electron chi connectivity index (χ4n) is 1.11. The van der Waals surface area contributed by atoms with E-state index in [2.05, 4.69) is 15.6 Å². The van der Waals surface area contributed by atoms with Crippen LogP contribution in [0.25, 0.3) is 0 Å². The third kappa shape index (κ3) is 3.04. The summed E-state index contributed by atoms with van der Waals surface area (Å²) in [5.74, 6) is 2.31. The van der Waals surface area contributed by atoms with Gasteiger partial charge in [-0.25, -0.2) is 13.4 Å². The van der Waals surface area contributed by atoms with Crippen LogP contribution in [0.15, 0.2) is 23.2 Å². The van der Waals surface area contributed by atoms with Crippen LogP contribution < -0.4 is 4.72 Å². The third-order valence-corrected chi connectivity index (χ3v) is 3.60. The van der Waals surface area contributed by atoms with Gasteiger partial charge in [-0.2, -0.15) is 9.98 Å². The molecule has 0 aliphatic carbocycles. The van der Waals surface area contributed by atoms with Gasteiger partial charge in [0.1, 0.15) is 11.0 Å². The van der Waals surface area contributed by atoms with E-state index in [1.807, 2.05) is 0 Å². The van der Waals surface area contributed by atoms with Crippen molar-refractivity contribution in [1.82, 2.24) is 9.71 Å². The maximum absolute atomic E-state index is 12.0. The zero-order chi connectivity index (χ0) is 13.1. The average Bonchev–Trinajstić information content (AvgIpc) is 2.28. The standard InChI is InChI=1S/C11H11N3O2S/c1-4-11(2,3)14-17(15,16)10-6-5-7-13-9(10)8-12/h1,5-7,14H,2-3H3. The highest BCUT2D eigenvalue weighted by atomic mass is 32.2. The van der Waals surface area contributed by atoms with Crippen molar-refractivity contribution in [2.75, 3.05) is 0 Å². The Kier molecular flexibility index (Phi) is 3.52. The van der Waals surface area contributed by atoms with Gasteiger partial charge in [0.25, 0.3) is 0 Å². The molecule has 0 atom stereocenters. The zero-order valence-electron chi connectivity index (χ0n) is 9.43. The molecule has 1 aromatic heterocycles. The normalized spacial score (nSPS) is 11.5. The number of hydrogen-bond donors (Lipinski definition) is 1. The molecule has 0 saturated heterocycles. The molecule has 0 aromatic carbocycles. The van der Waals surface area contributed by atoms with E-state index in [9.17, 15) is 8.42 Å². The van der Waals surface area contributed by atoms with E-state index in [-0.39, 0.29) is 10.6 Å². The number of nitriles is 1. The van der Waals surface area contributed by atoms with Crippen LogP contribution in [0.2, 0.25) is 0 Å². The van der Waals surface area contributed by atoms with Gasteiger partial charge < -0.3 is 0 Å². The number of nitrogens with zero attached hydrogens (tertiary/aromatic N) is 2. The summed E-state index contributed by atoms with van der Waals surface area (Å²) in [6.45, 7) is 3.10. The number of rotatable bonds is 3. The fraction of sp³-hybridized carbons (Fsp3) is 0.273.